The number of rotatable bonds is 9. The summed E-state index contributed by atoms with van der Waals surface area (Å²) in [7, 11) is 1.89. The molecule has 7 heteroatoms. The van der Waals surface area contributed by atoms with Crippen molar-refractivity contribution in [2.24, 2.45) is 0 Å². The molecule has 3 rings (SSSR count). The molecular weight excluding hydrogens is 398 g/mol. The zero-order valence-electron chi connectivity index (χ0n) is 17.1. The van der Waals surface area contributed by atoms with Gasteiger partial charge in [-0.05, 0) is 72.8 Å². The smallest absolute Gasteiger partial charge is 0.257 e. The van der Waals surface area contributed by atoms with Gasteiger partial charge in [0.1, 0.15) is 5.75 Å². The number of nitrogens with one attached hydrogen (secondary N) is 2. The Morgan fingerprint density at radius 1 is 1.03 bits per heavy atom. The van der Waals surface area contributed by atoms with E-state index in [1.165, 1.54) is 5.56 Å². The highest BCUT2D eigenvalue weighted by Gasteiger charge is 2.15. The zero-order valence-corrected chi connectivity index (χ0v) is 17.9. The molecular formula is C23H25N3O3S. The van der Waals surface area contributed by atoms with Crippen molar-refractivity contribution in [1.29, 1.82) is 0 Å². The van der Waals surface area contributed by atoms with Gasteiger partial charge in [-0.2, -0.15) is 11.3 Å². The maximum atomic E-state index is 12.8. The number of hydrogen-bond acceptors (Lipinski definition) is 5. The summed E-state index contributed by atoms with van der Waals surface area (Å²) in [5, 5.41) is 9.79. The van der Waals surface area contributed by atoms with E-state index in [0.717, 1.165) is 5.75 Å². The monoisotopic (exact) mass is 423 g/mol. The van der Waals surface area contributed by atoms with E-state index < -0.39 is 0 Å². The fraction of sp³-hybridized carbons (Fsp3) is 0.217. The molecule has 0 aliphatic rings. The van der Waals surface area contributed by atoms with Crippen LogP contribution in [0.4, 0.5) is 11.4 Å². The van der Waals surface area contributed by atoms with Gasteiger partial charge in [-0.3, -0.25) is 14.5 Å². The van der Waals surface area contributed by atoms with Crippen LogP contribution in [-0.2, 0) is 11.3 Å². The van der Waals surface area contributed by atoms with Crippen LogP contribution in [0, 0.1) is 0 Å². The second kappa shape index (κ2) is 10.6. The highest BCUT2D eigenvalue weighted by molar-refractivity contribution is 7.07. The summed E-state index contributed by atoms with van der Waals surface area (Å²) in [6, 6.07) is 16.2. The fourth-order valence-electron chi connectivity index (χ4n) is 2.97. The third kappa shape index (κ3) is 6.17. The first-order valence-electron chi connectivity index (χ1n) is 9.68. The van der Waals surface area contributed by atoms with E-state index >= 15 is 0 Å². The molecule has 0 aliphatic heterocycles. The molecule has 156 valence electrons. The number of amides is 2. The van der Waals surface area contributed by atoms with E-state index in [0.29, 0.717) is 30.1 Å². The molecule has 0 atom stereocenters. The molecule has 0 unspecified atom stereocenters. The fourth-order valence-corrected chi connectivity index (χ4v) is 3.63. The van der Waals surface area contributed by atoms with E-state index in [4.69, 9.17) is 4.74 Å². The van der Waals surface area contributed by atoms with E-state index in [9.17, 15) is 9.59 Å². The topological polar surface area (TPSA) is 70.7 Å². The van der Waals surface area contributed by atoms with Crippen molar-refractivity contribution in [3.63, 3.8) is 0 Å². The van der Waals surface area contributed by atoms with E-state index in [1.807, 2.05) is 30.3 Å². The molecule has 0 aliphatic carbocycles. The lowest BCUT2D eigenvalue weighted by atomic mass is 10.1. The van der Waals surface area contributed by atoms with Crippen LogP contribution in [0.15, 0.2) is 65.4 Å². The molecule has 6 nitrogen and oxygen atoms in total. The highest BCUT2D eigenvalue weighted by Crippen LogP contribution is 2.20. The van der Waals surface area contributed by atoms with Gasteiger partial charge in [0.25, 0.3) is 5.91 Å². The van der Waals surface area contributed by atoms with Gasteiger partial charge in [-0.1, -0.05) is 12.1 Å². The average Bonchev–Trinajstić information content (AvgIpc) is 3.22. The number of nitrogens with zero attached hydrogens (tertiary/aromatic N) is 1. The number of hydrogen-bond donors (Lipinski definition) is 2. The van der Waals surface area contributed by atoms with Crippen LogP contribution in [-0.4, -0.2) is 36.9 Å². The minimum absolute atomic E-state index is 0.172. The predicted molar refractivity (Wildman–Crippen MR) is 121 cm³/mol. The second-order valence-corrected chi connectivity index (χ2v) is 7.59. The van der Waals surface area contributed by atoms with Crippen molar-refractivity contribution in [1.82, 2.24) is 4.90 Å². The van der Waals surface area contributed by atoms with Crippen molar-refractivity contribution < 1.29 is 14.3 Å². The van der Waals surface area contributed by atoms with Gasteiger partial charge >= 0.3 is 0 Å². The van der Waals surface area contributed by atoms with Crippen molar-refractivity contribution in [2.75, 3.05) is 30.8 Å². The van der Waals surface area contributed by atoms with Gasteiger partial charge in [0.2, 0.25) is 5.91 Å². The maximum Gasteiger partial charge on any atom is 0.257 e. The summed E-state index contributed by atoms with van der Waals surface area (Å²) in [6.07, 6.45) is 0. The molecule has 30 heavy (non-hydrogen) atoms. The number of thiophene rings is 1. The number of likely N-dealkylation sites (N-methyl/N-ethyl adjacent to an activating group) is 1. The predicted octanol–water partition coefficient (Wildman–Crippen LogP) is 4.47. The third-order valence-electron chi connectivity index (χ3n) is 4.32. The number of anilines is 2. The number of ether oxygens (including phenoxy) is 1. The molecule has 1 aromatic heterocycles. The van der Waals surface area contributed by atoms with Crippen molar-refractivity contribution in [2.45, 2.75) is 13.5 Å². The molecule has 2 amide bonds. The summed E-state index contributed by atoms with van der Waals surface area (Å²) in [5.74, 6) is 0.283. The largest absolute Gasteiger partial charge is 0.494 e. The van der Waals surface area contributed by atoms with Crippen LogP contribution in [0.5, 0.6) is 5.75 Å². The van der Waals surface area contributed by atoms with Crippen LogP contribution in [0.2, 0.25) is 0 Å². The third-order valence-corrected chi connectivity index (χ3v) is 5.05. The number of carbonyl (C=O) groups excluding carboxylic acids is 2. The number of benzene rings is 2. The molecule has 0 fully saturated rings. The van der Waals surface area contributed by atoms with Crippen LogP contribution in [0.25, 0.3) is 0 Å². The summed E-state index contributed by atoms with van der Waals surface area (Å²) >= 11 is 1.63. The number of carbonyl (C=O) groups is 2. The van der Waals surface area contributed by atoms with Crippen molar-refractivity contribution >= 4 is 34.5 Å². The average molecular weight is 424 g/mol. The minimum atomic E-state index is -0.290. The molecule has 0 bridgehead atoms. The lowest BCUT2D eigenvalue weighted by molar-refractivity contribution is -0.117. The molecule has 1 heterocycles. The van der Waals surface area contributed by atoms with Gasteiger partial charge in [-0.25, -0.2) is 0 Å². The summed E-state index contributed by atoms with van der Waals surface area (Å²) < 4.78 is 5.41. The number of para-hydroxylation sites is 1. The molecule has 0 spiro atoms. The molecule has 0 saturated carbocycles. The standard InChI is InChI=1S/C23H25N3O3S/c1-3-29-19-10-8-18(9-11-19)24-23(28)20-6-4-5-7-21(20)25-22(27)15-26(2)14-17-12-13-30-16-17/h4-13,16H,3,14-15H2,1-2H3,(H,24,28)(H,25,27). The molecule has 0 saturated heterocycles. The summed E-state index contributed by atoms with van der Waals surface area (Å²) in [6.45, 7) is 3.42. The first-order valence-corrected chi connectivity index (χ1v) is 10.6. The zero-order chi connectivity index (χ0) is 21.3. The second-order valence-electron chi connectivity index (χ2n) is 6.81. The van der Waals surface area contributed by atoms with Crippen molar-refractivity contribution in [3.05, 3.63) is 76.5 Å². The molecule has 2 aromatic carbocycles. The van der Waals surface area contributed by atoms with Gasteiger partial charge < -0.3 is 15.4 Å². The Balaban J connectivity index is 1.61. The Morgan fingerprint density at radius 3 is 2.50 bits per heavy atom. The Labute approximate surface area is 180 Å². The van der Waals surface area contributed by atoms with Gasteiger partial charge in [0.05, 0.1) is 24.4 Å². The molecule has 0 radical (unpaired) electrons. The van der Waals surface area contributed by atoms with Crippen molar-refractivity contribution in [3.8, 4) is 5.75 Å². The van der Waals surface area contributed by atoms with Gasteiger partial charge in [-0.15, -0.1) is 0 Å². The Bertz CT molecular complexity index is 972. The lowest BCUT2D eigenvalue weighted by Gasteiger charge is -2.17. The molecule has 3 aromatic rings. The minimum Gasteiger partial charge on any atom is -0.494 e. The van der Waals surface area contributed by atoms with Crippen LogP contribution >= 0.6 is 11.3 Å². The first-order chi connectivity index (χ1) is 14.5. The normalized spacial score (nSPS) is 10.6. The van der Waals surface area contributed by atoms with E-state index in [2.05, 4.69) is 16.0 Å². The van der Waals surface area contributed by atoms with Crippen LogP contribution in [0.1, 0.15) is 22.8 Å². The first kappa shape index (κ1) is 21.5. The molecule has 2 N–H and O–H groups in total. The van der Waals surface area contributed by atoms with E-state index in [-0.39, 0.29) is 18.4 Å². The quantitative estimate of drug-likeness (QED) is 0.533. The highest BCUT2D eigenvalue weighted by atomic mass is 32.1. The summed E-state index contributed by atoms with van der Waals surface area (Å²) in [4.78, 5) is 27.2. The van der Waals surface area contributed by atoms with Crippen LogP contribution < -0.4 is 15.4 Å². The van der Waals surface area contributed by atoms with Gasteiger partial charge in [0, 0.05) is 12.2 Å². The maximum absolute atomic E-state index is 12.8. The lowest BCUT2D eigenvalue weighted by Crippen LogP contribution is -2.30. The Kier molecular flexibility index (Phi) is 7.59. The Hall–Kier alpha value is -3.16. The Morgan fingerprint density at radius 2 is 1.80 bits per heavy atom. The SMILES string of the molecule is CCOc1ccc(NC(=O)c2ccccc2NC(=O)CN(C)Cc2ccsc2)cc1. The summed E-state index contributed by atoms with van der Waals surface area (Å²) in [5.41, 5.74) is 2.71. The van der Waals surface area contributed by atoms with Crippen LogP contribution in [0.3, 0.4) is 0 Å². The van der Waals surface area contributed by atoms with E-state index in [1.54, 1.807) is 59.9 Å². The van der Waals surface area contributed by atoms with Gasteiger partial charge in [0.15, 0.2) is 0 Å².